The molecule has 2 aromatic rings. The van der Waals surface area contributed by atoms with Crippen LogP contribution in [-0.4, -0.2) is 0 Å². The van der Waals surface area contributed by atoms with Crippen LogP contribution in [0.15, 0.2) is 36.4 Å². The Morgan fingerprint density at radius 2 is 1.56 bits per heavy atom. The van der Waals surface area contributed by atoms with Crippen LogP contribution in [0.5, 0.6) is 0 Å². The van der Waals surface area contributed by atoms with E-state index in [1.54, 1.807) is 0 Å². The van der Waals surface area contributed by atoms with Crippen molar-refractivity contribution in [2.24, 2.45) is 5.73 Å². The van der Waals surface area contributed by atoms with Crippen molar-refractivity contribution in [1.82, 2.24) is 0 Å². The molecule has 0 spiro atoms. The number of rotatable bonds is 2. The Labute approximate surface area is 105 Å². The van der Waals surface area contributed by atoms with E-state index in [1.165, 1.54) is 12.1 Å². The van der Waals surface area contributed by atoms with Gasteiger partial charge in [0.15, 0.2) is 11.6 Å². The quantitative estimate of drug-likeness (QED) is 0.861. The van der Waals surface area contributed by atoms with Crippen molar-refractivity contribution in [3.63, 3.8) is 0 Å². The van der Waals surface area contributed by atoms with Crippen LogP contribution >= 0.6 is 0 Å². The monoisotopic (exact) mass is 247 g/mol. The lowest BCUT2D eigenvalue weighted by molar-refractivity contribution is 0.494. The van der Waals surface area contributed by atoms with Crippen molar-refractivity contribution in [2.45, 2.75) is 19.9 Å². The summed E-state index contributed by atoms with van der Waals surface area (Å²) < 4.78 is 26.9. The van der Waals surface area contributed by atoms with E-state index in [9.17, 15) is 8.78 Å². The van der Waals surface area contributed by atoms with Gasteiger partial charge in [0, 0.05) is 5.56 Å². The van der Waals surface area contributed by atoms with Crippen molar-refractivity contribution in [1.29, 1.82) is 0 Å². The molecule has 3 heteroatoms. The molecular weight excluding hydrogens is 232 g/mol. The van der Waals surface area contributed by atoms with Gasteiger partial charge in [0.1, 0.15) is 0 Å². The predicted molar refractivity (Wildman–Crippen MR) is 68.3 cm³/mol. The molecule has 0 fully saturated rings. The fourth-order valence-corrected chi connectivity index (χ4v) is 2.04. The molecule has 0 amide bonds. The lowest BCUT2D eigenvalue weighted by Gasteiger charge is -2.17. The highest BCUT2D eigenvalue weighted by Crippen LogP contribution is 2.27. The van der Waals surface area contributed by atoms with Crippen LogP contribution < -0.4 is 5.73 Å². The molecule has 94 valence electrons. The van der Waals surface area contributed by atoms with Crippen molar-refractivity contribution >= 4 is 0 Å². The van der Waals surface area contributed by atoms with E-state index >= 15 is 0 Å². The molecule has 1 atom stereocenters. The molecule has 0 saturated carbocycles. The Morgan fingerprint density at radius 3 is 2.28 bits per heavy atom. The first kappa shape index (κ1) is 12.7. The first-order chi connectivity index (χ1) is 8.52. The number of hydrogen-bond donors (Lipinski definition) is 1. The highest BCUT2D eigenvalue weighted by atomic mass is 19.2. The molecule has 0 bridgehead atoms. The second kappa shape index (κ2) is 4.86. The summed E-state index contributed by atoms with van der Waals surface area (Å²) in [5, 5.41) is 0. The average Bonchev–Trinajstić information content (AvgIpc) is 2.35. The number of hydrogen-bond acceptors (Lipinski definition) is 1. The summed E-state index contributed by atoms with van der Waals surface area (Å²) in [5.74, 6) is -1.74. The molecule has 0 aliphatic carbocycles. The van der Waals surface area contributed by atoms with E-state index < -0.39 is 17.7 Å². The molecule has 0 radical (unpaired) electrons. The summed E-state index contributed by atoms with van der Waals surface area (Å²) in [5.41, 5.74) is 9.14. The molecule has 2 rings (SSSR count). The smallest absolute Gasteiger partial charge is 0.163 e. The molecule has 0 heterocycles. The van der Waals surface area contributed by atoms with Gasteiger partial charge in [-0.25, -0.2) is 8.78 Å². The molecule has 0 saturated heterocycles. The van der Waals surface area contributed by atoms with Gasteiger partial charge in [0.25, 0.3) is 0 Å². The van der Waals surface area contributed by atoms with E-state index in [0.29, 0.717) is 0 Å². The number of nitrogens with two attached hydrogens (primary N) is 1. The second-order valence-corrected chi connectivity index (χ2v) is 4.41. The molecule has 0 aliphatic heterocycles. The normalized spacial score (nSPS) is 12.5. The maximum Gasteiger partial charge on any atom is 0.163 e. The summed E-state index contributed by atoms with van der Waals surface area (Å²) in [6, 6.07) is 9.11. The zero-order chi connectivity index (χ0) is 13.3. The second-order valence-electron chi connectivity index (χ2n) is 4.41. The highest BCUT2D eigenvalue weighted by Gasteiger charge is 2.18. The third-order valence-electron chi connectivity index (χ3n) is 3.30. The number of halogens is 2. The van der Waals surface area contributed by atoms with Gasteiger partial charge in [-0.3, -0.25) is 0 Å². The summed E-state index contributed by atoms with van der Waals surface area (Å²) in [6.45, 7) is 3.90. The maximum atomic E-state index is 13.7. The first-order valence-electron chi connectivity index (χ1n) is 5.78. The Morgan fingerprint density at radius 1 is 0.944 bits per heavy atom. The van der Waals surface area contributed by atoms with Crippen LogP contribution in [0, 0.1) is 25.5 Å². The molecule has 2 aromatic carbocycles. The summed E-state index contributed by atoms with van der Waals surface area (Å²) in [6.07, 6.45) is 0. The minimum Gasteiger partial charge on any atom is -0.320 e. The van der Waals surface area contributed by atoms with Crippen molar-refractivity contribution < 1.29 is 8.78 Å². The van der Waals surface area contributed by atoms with Gasteiger partial charge in [-0.05, 0) is 36.6 Å². The maximum absolute atomic E-state index is 13.7. The van der Waals surface area contributed by atoms with Gasteiger partial charge in [0.2, 0.25) is 0 Å². The van der Waals surface area contributed by atoms with Gasteiger partial charge in [0.05, 0.1) is 6.04 Å². The SMILES string of the molecule is Cc1cccc(C(N)c2cccc(F)c2F)c1C. The minimum atomic E-state index is -0.870. The van der Waals surface area contributed by atoms with E-state index in [4.69, 9.17) is 5.73 Å². The van der Waals surface area contributed by atoms with Gasteiger partial charge in [-0.1, -0.05) is 30.3 Å². The van der Waals surface area contributed by atoms with E-state index in [2.05, 4.69) is 0 Å². The molecule has 0 aromatic heterocycles. The Bertz CT molecular complexity index is 527. The Kier molecular flexibility index (Phi) is 3.43. The molecule has 2 N–H and O–H groups in total. The molecule has 1 nitrogen and oxygen atoms in total. The largest absolute Gasteiger partial charge is 0.320 e. The summed E-state index contributed by atoms with van der Waals surface area (Å²) >= 11 is 0. The van der Waals surface area contributed by atoms with E-state index in [1.807, 2.05) is 32.0 Å². The molecule has 18 heavy (non-hydrogen) atoms. The van der Waals surface area contributed by atoms with Crippen LogP contribution in [0.1, 0.15) is 28.3 Å². The van der Waals surface area contributed by atoms with Crippen LogP contribution in [0.4, 0.5) is 8.78 Å². The lowest BCUT2D eigenvalue weighted by atomic mass is 9.93. The van der Waals surface area contributed by atoms with Crippen LogP contribution in [0.3, 0.4) is 0 Å². The van der Waals surface area contributed by atoms with Crippen LogP contribution in [-0.2, 0) is 0 Å². The lowest BCUT2D eigenvalue weighted by Crippen LogP contribution is -2.16. The van der Waals surface area contributed by atoms with E-state index in [0.717, 1.165) is 22.8 Å². The Hall–Kier alpha value is -1.74. The standard InChI is InChI=1S/C15H15F2N/c1-9-5-3-6-11(10(9)2)15(18)12-7-4-8-13(16)14(12)17/h3-8,15H,18H2,1-2H3. The Balaban J connectivity index is 2.51. The first-order valence-corrected chi connectivity index (χ1v) is 5.78. The zero-order valence-electron chi connectivity index (χ0n) is 10.4. The average molecular weight is 247 g/mol. The van der Waals surface area contributed by atoms with Gasteiger partial charge in [-0.2, -0.15) is 0 Å². The topological polar surface area (TPSA) is 26.0 Å². The predicted octanol–water partition coefficient (Wildman–Crippen LogP) is 3.63. The number of aryl methyl sites for hydroxylation is 1. The highest BCUT2D eigenvalue weighted by molar-refractivity contribution is 5.40. The third kappa shape index (κ3) is 2.14. The van der Waals surface area contributed by atoms with E-state index in [-0.39, 0.29) is 5.56 Å². The number of benzene rings is 2. The van der Waals surface area contributed by atoms with Gasteiger partial charge < -0.3 is 5.73 Å². The third-order valence-corrected chi connectivity index (χ3v) is 3.30. The fourth-order valence-electron chi connectivity index (χ4n) is 2.04. The molecule has 0 aliphatic rings. The van der Waals surface area contributed by atoms with Crippen LogP contribution in [0.2, 0.25) is 0 Å². The fraction of sp³-hybridized carbons (Fsp3) is 0.200. The zero-order valence-corrected chi connectivity index (χ0v) is 10.4. The van der Waals surface area contributed by atoms with Crippen molar-refractivity contribution in [2.75, 3.05) is 0 Å². The molecule has 1 unspecified atom stereocenters. The van der Waals surface area contributed by atoms with Crippen molar-refractivity contribution in [3.8, 4) is 0 Å². The van der Waals surface area contributed by atoms with Crippen molar-refractivity contribution in [3.05, 3.63) is 70.3 Å². The minimum absolute atomic E-state index is 0.184. The van der Waals surface area contributed by atoms with Gasteiger partial charge >= 0.3 is 0 Å². The van der Waals surface area contributed by atoms with Crippen LogP contribution in [0.25, 0.3) is 0 Å². The van der Waals surface area contributed by atoms with Gasteiger partial charge in [-0.15, -0.1) is 0 Å². The summed E-state index contributed by atoms with van der Waals surface area (Å²) in [4.78, 5) is 0. The summed E-state index contributed by atoms with van der Waals surface area (Å²) in [7, 11) is 0. The molecular formula is C15H15F2N.